The van der Waals surface area contributed by atoms with Gasteiger partial charge in [0.1, 0.15) is 49.4 Å². The molecule has 4 aliphatic rings. The zero-order valence-corrected chi connectivity index (χ0v) is 57.8. The van der Waals surface area contributed by atoms with Crippen molar-refractivity contribution in [2.24, 2.45) is 52.5 Å². The molecule has 6 N–H and O–H groups in total. The van der Waals surface area contributed by atoms with Gasteiger partial charge < -0.3 is 78.2 Å². The molecule has 28 heteroatoms. The Morgan fingerprint density at radius 1 is 0.830 bits per heavy atom. The Labute approximate surface area is 552 Å². The molecule has 4 saturated heterocycles. The summed E-state index contributed by atoms with van der Waals surface area (Å²) in [7, 11) is 4.22. The summed E-state index contributed by atoms with van der Waals surface area (Å²) < 4.78 is 64.6. The number of ether oxygens (including phenoxy) is 10. The van der Waals surface area contributed by atoms with Crippen LogP contribution in [0.4, 0.5) is 4.79 Å². The zero-order chi connectivity index (χ0) is 69.7. The Morgan fingerprint density at radius 3 is 2.14 bits per heavy atom. The number of ketones is 1. The van der Waals surface area contributed by atoms with Gasteiger partial charge in [-0.3, -0.25) is 34.4 Å². The van der Waals surface area contributed by atoms with E-state index in [0.717, 1.165) is 12.4 Å². The van der Waals surface area contributed by atoms with E-state index in [4.69, 9.17) is 52.2 Å². The van der Waals surface area contributed by atoms with Crippen molar-refractivity contribution in [3.8, 4) is 5.88 Å². The molecule has 2 aromatic rings. The number of nitrogens with zero attached hydrogens (tertiary/aromatic N) is 5. The number of Topliss-reactive ketones (excluding diaryl/α,β-unsaturated/α-hetero) is 1. The Morgan fingerprint density at radius 2 is 1.51 bits per heavy atom. The molecule has 4 aliphatic heterocycles. The SMILES string of the molecule is CON=C1C[C@@H](C)O[C@@H](O[C@@H]2[C@@H](C)[C@H](O[C@H]3CC(C)N(NC(=O)c4ccncc4)C[C@H](C)C3)[C@@H](C)C(=O)O[C@H]([C@@H](C)CO[C@@H]3O[C@H](C)[C@@H](O)[C@@H](OC)[C@H]3OC)[C@H](C)[C@@H](OC(=O)CC(C)C)[C@@H](C)C(=O)[C@@](C)(OC(=O)NC(C)(C)CNC(=O)c3cnc(O)cn3)C[C@@H]2C)[C@@H]1O. The third-order valence-corrected chi connectivity index (χ3v) is 18.2. The van der Waals surface area contributed by atoms with E-state index in [0.29, 0.717) is 24.9 Å². The third-order valence-electron chi connectivity index (χ3n) is 18.2. The van der Waals surface area contributed by atoms with E-state index >= 15 is 9.59 Å². The van der Waals surface area contributed by atoms with Crippen molar-refractivity contribution < 1.29 is 96.3 Å². The Bertz CT molecular complexity index is 2840. The Hall–Kier alpha value is -6.08. The average molecular weight is 1330 g/mol. The van der Waals surface area contributed by atoms with Gasteiger partial charge in [0.2, 0.25) is 5.88 Å². The van der Waals surface area contributed by atoms with Gasteiger partial charge in [0, 0.05) is 81.9 Å². The molecule has 0 aromatic carbocycles. The maximum Gasteiger partial charge on any atom is 0.408 e. The number of esters is 2. The summed E-state index contributed by atoms with van der Waals surface area (Å²) in [6.07, 6.45) is -8.74. The number of methoxy groups -OCH3 is 2. The first-order valence-electron chi connectivity index (χ1n) is 32.7. The van der Waals surface area contributed by atoms with Crippen LogP contribution in [-0.4, -0.2) is 215 Å². The van der Waals surface area contributed by atoms with Gasteiger partial charge in [-0.1, -0.05) is 60.5 Å². The molecule has 0 spiro atoms. The van der Waals surface area contributed by atoms with Crippen molar-refractivity contribution in [3.63, 3.8) is 0 Å². The fourth-order valence-electron chi connectivity index (χ4n) is 13.3. The van der Waals surface area contributed by atoms with Gasteiger partial charge in [0.15, 0.2) is 24.0 Å². The number of aromatic hydroxyl groups is 1. The fraction of sp³-hybridized carbons (Fsp3) is 0.758. The van der Waals surface area contributed by atoms with Crippen molar-refractivity contribution in [2.75, 3.05) is 41.0 Å². The van der Waals surface area contributed by atoms with Crippen LogP contribution >= 0.6 is 0 Å². The second kappa shape index (κ2) is 34.2. The van der Waals surface area contributed by atoms with Crippen LogP contribution in [-0.2, 0) is 66.6 Å². The van der Waals surface area contributed by atoms with E-state index < -0.39 is 156 Å². The molecule has 1 unspecified atom stereocenters. The minimum absolute atomic E-state index is 0.0573. The second-order valence-electron chi connectivity index (χ2n) is 27.6. The van der Waals surface area contributed by atoms with Crippen LogP contribution in [0.25, 0.3) is 0 Å². The number of aliphatic hydroxyl groups excluding tert-OH is 2. The number of carbonyl (C=O) groups excluding carboxylic acids is 6. The molecule has 3 amide bonds. The summed E-state index contributed by atoms with van der Waals surface area (Å²) in [4.78, 5) is 105. The van der Waals surface area contributed by atoms with Crippen LogP contribution in [0.2, 0.25) is 0 Å². The summed E-state index contributed by atoms with van der Waals surface area (Å²) in [5.74, 6) is -9.71. The first kappa shape index (κ1) is 76.9. The lowest BCUT2D eigenvalue weighted by molar-refractivity contribution is -0.305. The molecule has 0 aliphatic carbocycles. The van der Waals surface area contributed by atoms with E-state index in [-0.39, 0.29) is 73.5 Å². The fourth-order valence-corrected chi connectivity index (χ4v) is 13.3. The van der Waals surface area contributed by atoms with Crippen LogP contribution in [0.5, 0.6) is 5.88 Å². The molecule has 6 heterocycles. The number of aliphatic hydroxyl groups is 2. The highest BCUT2D eigenvalue weighted by Gasteiger charge is 2.53. The quantitative estimate of drug-likeness (QED) is 0.0511. The summed E-state index contributed by atoms with van der Waals surface area (Å²) in [5.41, 5.74) is 0.237. The largest absolute Gasteiger partial charge is 0.492 e. The lowest BCUT2D eigenvalue weighted by Crippen LogP contribution is -2.59. The number of carbonyl (C=O) groups is 6. The maximum atomic E-state index is 16.2. The van der Waals surface area contributed by atoms with E-state index in [1.165, 1.54) is 28.3 Å². The van der Waals surface area contributed by atoms with Crippen LogP contribution in [0.1, 0.15) is 157 Å². The van der Waals surface area contributed by atoms with Gasteiger partial charge in [0.05, 0.1) is 72.6 Å². The van der Waals surface area contributed by atoms with Crippen molar-refractivity contribution in [2.45, 2.75) is 233 Å². The van der Waals surface area contributed by atoms with Crippen molar-refractivity contribution in [3.05, 3.63) is 48.2 Å². The van der Waals surface area contributed by atoms with Crippen molar-refractivity contribution in [1.82, 2.24) is 36.0 Å². The molecular formula is C66H104N8O20. The predicted molar refractivity (Wildman–Crippen MR) is 339 cm³/mol. The van der Waals surface area contributed by atoms with E-state index in [1.807, 2.05) is 39.6 Å². The number of hydrogen-bond acceptors (Lipinski definition) is 25. The lowest BCUT2D eigenvalue weighted by atomic mass is 9.74. The number of amides is 3. The number of hydrazine groups is 1. The number of rotatable bonds is 21. The normalized spacial score (nSPS) is 35.1. The number of nitrogens with one attached hydrogen (secondary N) is 3. The first-order chi connectivity index (χ1) is 44.2. The molecule has 28 nitrogen and oxygen atoms in total. The topological polar surface area (TPSA) is 355 Å². The molecule has 6 rings (SSSR count). The summed E-state index contributed by atoms with van der Waals surface area (Å²) >= 11 is 0. The second-order valence-corrected chi connectivity index (χ2v) is 27.6. The van der Waals surface area contributed by atoms with Crippen LogP contribution in [0.3, 0.4) is 0 Å². The first-order valence-corrected chi connectivity index (χ1v) is 32.7. The average Bonchev–Trinajstić information content (AvgIpc) is 0.820. The smallest absolute Gasteiger partial charge is 0.408 e. The van der Waals surface area contributed by atoms with Crippen LogP contribution < -0.4 is 16.1 Å². The third kappa shape index (κ3) is 20.3. The minimum Gasteiger partial charge on any atom is -0.492 e. The lowest BCUT2D eigenvalue weighted by Gasteiger charge is -2.45. The van der Waals surface area contributed by atoms with Gasteiger partial charge in [-0.25, -0.2) is 19.8 Å². The number of pyridine rings is 1. The highest BCUT2D eigenvalue weighted by Crippen LogP contribution is 2.41. The highest BCUT2D eigenvalue weighted by molar-refractivity contribution is 5.94. The number of hydrogen-bond donors (Lipinski definition) is 6. The van der Waals surface area contributed by atoms with E-state index in [9.17, 15) is 34.5 Å². The molecule has 4 fully saturated rings. The molecule has 22 atom stereocenters. The molecule has 528 valence electrons. The number of oxime groups is 1. The van der Waals surface area contributed by atoms with Gasteiger partial charge in [-0.15, -0.1) is 0 Å². The van der Waals surface area contributed by atoms with Gasteiger partial charge in [0.25, 0.3) is 11.8 Å². The maximum absolute atomic E-state index is 16.2. The predicted octanol–water partition coefficient (Wildman–Crippen LogP) is 5.48. The monoisotopic (exact) mass is 1330 g/mol. The zero-order valence-electron chi connectivity index (χ0n) is 57.8. The van der Waals surface area contributed by atoms with Crippen molar-refractivity contribution in [1.29, 1.82) is 0 Å². The Kier molecular flexibility index (Phi) is 28.0. The molecule has 0 saturated carbocycles. The molecule has 0 radical (unpaired) electrons. The number of cyclic esters (lactones) is 1. The number of alkyl carbamates (subject to hydrolysis) is 1. The highest BCUT2D eigenvalue weighted by atomic mass is 16.7. The standard InChI is InChI=1S/C66H104N8O20/c1-33(2)23-49(76)91-54-40(9)53(36(5)31-87-63-57(85-17)56(84-16)50(77)43(12)89-63)92-61(82)42(11)55(90-45-24-34(3)30-74(37(6)25-45)72-59(80)44-19-21-67-22-20-44)39(8)52(93-62-51(78)46(73-86-18)26-38(7)88-62)35(4)27-66(15,58(79)41(54)10)94-64(83)71-65(13,14)32-70-60(81)47-28-69-48(75)29-68-47/h19-22,28-29,33-43,45,50-57,62-63,77-78H,23-27,30-32H2,1-18H3,(H,69,75)(H,70,81)(H,71,83)(H,72,80)/t34-,35+,36+,37?,38-,39-,40+,41-,42-,43-,45-,50-,51-,52+,53-,54-,55+,56-,57-,62+,63-,66+/m1/s1. The molecular weight excluding hydrogens is 1220 g/mol. The summed E-state index contributed by atoms with van der Waals surface area (Å²) in [6, 6.07) is 2.94. The van der Waals surface area contributed by atoms with Gasteiger partial charge >= 0.3 is 18.0 Å². The Balaban J connectivity index is 1.50. The summed E-state index contributed by atoms with van der Waals surface area (Å²) in [5, 5.41) is 44.2. The number of aromatic nitrogens is 3. The van der Waals surface area contributed by atoms with Crippen LogP contribution in [0.15, 0.2) is 42.1 Å². The van der Waals surface area contributed by atoms with Crippen LogP contribution in [0, 0.1) is 47.3 Å². The van der Waals surface area contributed by atoms with Gasteiger partial charge in [-0.2, -0.15) is 0 Å². The molecule has 2 aromatic heterocycles. The minimum atomic E-state index is -2.13. The molecule has 94 heavy (non-hydrogen) atoms. The van der Waals surface area contributed by atoms with Gasteiger partial charge in [-0.05, 0) is 97.6 Å². The van der Waals surface area contributed by atoms with E-state index in [2.05, 4.69) is 36.2 Å². The summed E-state index contributed by atoms with van der Waals surface area (Å²) in [6.45, 7) is 26.2. The van der Waals surface area contributed by atoms with Crippen molar-refractivity contribution >= 4 is 41.3 Å². The van der Waals surface area contributed by atoms with E-state index in [1.54, 1.807) is 86.8 Å². The molecule has 0 bridgehead atoms.